The molecule has 0 aliphatic heterocycles. The molecular weight excluding hydrogens is 370 g/mol. The van der Waals surface area contributed by atoms with Gasteiger partial charge in [-0.2, -0.15) is 0 Å². The zero-order chi connectivity index (χ0) is 20.7. The molecule has 0 radical (unpaired) electrons. The van der Waals surface area contributed by atoms with Crippen molar-refractivity contribution in [3.63, 3.8) is 0 Å². The molecule has 1 heterocycles. The van der Waals surface area contributed by atoms with Gasteiger partial charge in [-0.05, 0) is 59.5 Å². The highest BCUT2D eigenvalue weighted by Crippen LogP contribution is 2.54. The first-order valence-electron chi connectivity index (χ1n) is 10.8. The van der Waals surface area contributed by atoms with E-state index in [9.17, 15) is 4.79 Å². The molecule has 3 aromatic carbocycles. The lowest BCUT2D eigenvalue weighted by Gasteiger charge is -2.31. The summed E-state index contributed by atoms with van der Waals surface area (Å²) >= 11 is 0. The van der Waals surface area contributed by atoms with Crippen LogP contribution in [0.25, 0.3) is 32.9 Å². The molecule has 0 bridgehead atoms. The Labute approximate surface area is 176 Å². The molecule has 1 aliphatic carbocycles. The van der Waals surface area contributed by atoms with Gasteiger partial charge in [0.2, 0.25) is 0 Å². The van der Waals surface area contributed by atoms with Crippen molar-refractivity contribution in [1.82, 2.24) is 4.98 Å². The zero-order valence-electron chi connectivity index (χ0n) is 17.4. The first kappa shape index (κ1) is 18.8. The predicted octanol–water partition coefficient (Wildman–Crippen LogP) is 6.41. The Kier molecular flexibility index (Phi) is 4.54. The van der Waals surface area contributed by atoms with E-state index in [1.54, 1.807) is 0 Å². The lowest BCUT2D eigenvalue weighted by Crippen LogP contribution is -2.29. The largest absolute Gasteiger partial charge is 0.466 e. The van der Waals surface area contributed by atoms with E-state index in [1.165, 1.54) is 16.3 Å². The van der Waals surface area contributed by atoms with Crippen LogP contribution in [0.2, 0.25) is 0 Å². The van der Waals surface area contributed by atoms with Crippen LogP contribution in [-0.2, 0) is 14.9 Å². The van der Waals surface area contributed by atoms with E-state index in [2.05, 4.69) is 61.5 Å². The molecule has 0 fully saturated rings. The number of hydrogen-bond donors (Lipinski definition) is 0. The Morgan fingerprint density at radius 1 is 0.900 bits per heavy atom. The summed E-state index contributed by atoms with van der Waals surface area (Å²) in [6, 6.07) is 23.4. The molecule has 1 atom stereocenters. The van der Waals surface area contributed by atoms with E-state index < -0.39 is 5.41 Å². The average molecular weight is 396 g/mol. The van der Waals surface area contributed by atoms with Gasteiger partial charge in [0, 0.05) is 16.4 Å². The molecule has 150 valence electrons. The summed E-state index contributed by atoms with van der Waals surface area (Å²) in [7, 11) is 0. The second kappa shape index (κ2) is 7.24. The van der Waals surface area contributed by atoms with Gasteiger partial charge in [-0.25, -0.2) is 4.98 Å². The minimum Gasteiger partial charge on any atom is -0.466 e. The van der Waals surface area contributed by atoms with Crippen molar-refractivity contribution in [3.05, 3.63) is 77.9 Å². The average Bonchev–Trinajstić information content (AvgIpc) is 2.99. The number of carbonyl (C=O) groups excluding carboxylic acids is 1. The highest BCUT2D eigenvalue weighted by molar-refractivity contribution is 5.96. The van der Waals surface area contributed by atoms with E-state index in [4.69, 9.17) is 9.72 Å². The van der Waals surface area contributed by atoms with Crippen molar-refractivity contribution in [2.24, 2.45) is 0 Å². The molecule has 0 saturated carbocycles. The van der Waals surface area contributed by atoms with Crippen molar-refractivity contribution < 1.29 is 9.53 Å². The highest BCUT2D eigenvalue weighted by Gasteiger charge is 2.45. The predicted molar refractivity (Wildman–Crippen MR) is 122 cm³/mol. The number of fused-ring (bicyclic) bond motifs is 5. The number of benzene rings is 3. The van der Waals surface area contributed by atoms with Crippen LogP contribution in [0.4, 0.5) is 0 Å². The molecule has 1 aliphatic rings. The molecule has 0 spiro atoms. The number of esters is 1. The quantitative estimate of drug-likeness (QED) is 0.367. The number of carbonyl (C=O) groups is 1. The van der Waals surface area contributed by atoms with Crippen LogP contribution >= 0.6 is 0 Å². The molecule has 5 rings (SSSR count). The van der Waals surface area contributed by atoms with Crippen LogP contribution in [0.1, 0.15) is 44.2 Å². The van der Waals surface area contributed by atoms with Gasteiger partial charge in [0.1, 0.15) is 0 Å². The van der Waals surface area contributed by atoms with Crippen molar-refractivity contribution >= 4 is 27.6 Å². The lowest BCUT2D eigenvalue weighted by atomic mass is 9.72. The lowest BCUT2D eigenvalue weighted by molar-refractivity contribution is -0.144. The first-order chi connectivity index (χ1) is 14.7. The fourth-order valence-electron chi connectivity index (χ4n) is 5.10. The summed E-state index contributed by atoms with van der Waals surface area (Å²) in [5.41, 5.74) is 5.08. The SMILES string of the molecule is CCCC1(CC(=O)OCC)c2cc3ccccc3cc2-c2nc3ccccc3cc21. The molecule has 4 aromatic rings. The van der Waals surface area contributed by atoms with Gasteiger partial charge in [0.25, 0.3) is 0 Å². The van der Waals surface area contributed by atoms with Crippen LogP contribution in [0.3, 0.4) is 0 Å². The Bertz CT molecular complexity index is 1190. The molecular formula is C27H25NO2. The van der Waals surface area contributed by atoms with E-state index in [1.807, 2.05) is 19.1 Å². The van der Waals surface area contributed by atoms with Gasteiger partial charge in [-0.3, -0.25) is 4.79 Å². The number of aromatic nitrogens is 1. The van der Waals surface area contributed by atoms with E-state index >= 15 is 0 Å². The second-order valence-corrected chi connectivity index (χ2v) is 8.14. The maximum Gasteiger partial charge on any atom is 0.307 e. The Balaban J connectivity index is 1.85. The molecule has 3 heteroatoms. The smallest absolute Gasteiger partial charge is 0.307 e. The number of hydrogen-bond acceptors (Lipinski definition) is 3. The van der Waals surface area contributed by atoms with Crippen LogP contribution < -0.4 is 0 Å². The highest BCUT2D eigenvalue weighted by atomic mass is 16.5. The van der Waals surface area contributed by atoms with Crippen molar-refractivity contribution in [2.75, 3.05) is 6.61 Å². The summed E-state index contributed by atoms with van der Waals surface area (Å²) in [6.45, 7) is 4.44. The summed E-state index contributed by atoms with van der Waals surface area (Å²) in [6.07, 6.45) is 2.19. The third-order valence-corrected chi connectivity index (χ3v) is 6.32. The maximum absolute atomic E-state index is 12.8. The fourth-order valence-corrected chi connectivity index (χ4v) is 5.10. The fraction of sp³-hybridized carbons (Fsp3) is 0.259. The van der Waals surface area contributed by atoms with Crippen molar-refractivity contribution in [1.29, 1.82) is 0 Å². The third-order valence-electron chi connectivity index (χ3n) is 6.32. The summed E-state index contributed by atoms with van der Waals surface area (Å²) in [5.74, 6) is -0.147. The number of para-hydroxylation sites is 1. The van der Waals surface area contributed by atoms with Crippen LogP contribution in [0.5, 0.6) is 0 Å². The molecule has 0 saturated heterocycles. The number of ether oxygens (including phenoxy) is 1. The van der Waals surface area contributed by atoms with Gasteiger partial charge >= 0.3 is 5.97 Å². The van der Waals surface area contributed by atoms with Crippen molar-refractivity contribution in [2.45, 2.75) is 38.5 Å². The van der Waals surface area contributed by atoms with Gasteiger partial charge < -0.3 is 4.74 Å². The van der Waals surface area contributed by atoms with Gasteiger partial charge in [0.15, 0.2) is 0 Å². The number of nitrogens with zero attached hydrogens (tertiary/aromatic N) is 1. The van der Waals surface area contributed by atoms with Crippen LogP contribution in [-0.4, -0.2) is 17.6 Å². The summed E-state index contributed by atoms with van der Waals surface area (Å²) < 4.78 is 5.42. The van der Waals surface area contributed by atoms with E-state index in [0.29, 0.717) is 13.0 Å². The summed E-state index contributed by atoms with van der Waals surface area (Å²) in [4.78, 5) is 17.9. The monoisotopic (exact) mass is 395 g/mol. The third kappa shape index (κ3) is 2.80. The van der Waals surface area contributed by atoms with Gasteiger partial charge in [-0.1, -0.05) is 55.8 Å². The van der Waals surface area contributed by atoms with Crippen LogP contribution in [0.15, 0.2) is 66.7 Å². The number of rotatable bonds is 5. The van der Waals surface area contributed by atoms with Gasteiger partial charge in [-0.15, -0.1) is 0 Å². The summed E-state index contributed by atoms with van der Waals surface area (Å²) in [5, 5.41) is 3.50. The number of pyridine rings is 1. The Morgan fingerprint density at radius 2 is 1.57 bits per heavy atom. The topological polar surface area (TPSA) is 39.2 Å². The van der Waals surface area contributed by atoms with Gasteiger partial charge in [0.05, 0.1) is 24.2 Å². The minimum atomic E-state index is -0.410. The van der Waals surface area contributed by atoms with E-state index in [0.717, 1.165) is 40.6 Å². The maximum atomic E-state index is 12.8. The molecule has 0 N–H and O–H groups in total. The second-order valence-electron chi connectivity index (χ2n) is 8.14. The molecule has 3 nitrogen and oxygen atoms in total. The normalized spacial score (nSPS) is 17.1. The molecule has 1 unspecified atom stereocenters. The standard InChI is InChI=1S/C27H25NO2/c1-3-13-27(17-25(29)30-4-2)22-15-19-10-6-5-9-18(19)14-21(22)26-23(27)16-20-11-7-8-12-24(20)28-26/h5-12,14-16H,3-4,13,17H2,1-2H3. The first-order valence-corrected chi connectivity index (χ1v) is 10.8. The Morgan fingerprint density at radius 3 is 2.30 bits per heavy atom. The van der Waals surface area contributed by atoms with Crippen LogP contribution in [0, 0.1) is 0 Å². The molecule has 1 aromatic heterocycles. The zero-order valence-corrected chi connectivity index (χ0v) is 17.4. The molecule has 0 amide bonds. The molecule has 30 heavy (non-hydrogen) atoms. The minimum absolute atomic E-state index is 0.147. The van der Waals surface area contributed by atoms with E-state index in [-0.39, 0.29) is 5.97 Å². The Hall–Kier alpha value is -3.20. The van der Waals surface area contributed by atoms with Crippen molar-refractivity contribution in [3.8, 4) is 11.3 Å².